The molecule has 31 heavy (non-hydrogen) atoms. The number of hydrogen-bond donors (Lipinski definition) is 2. The fourth-order valence-electron chi connectivity index (χ4n) is 3.19. The Morgan fingerprint density at radius 3 is 2.45 bits per heavy atom. The maximum absolute atomic E-state index is 13.4. The Morgan fingerprint density at radius 2 is 1.84 bits per heavy atom. The largest absolute Gasteiger partial charge is 0.465 e. The quantitative estimate of drug-likeness (QED) is 0.622. The maximum atomic E-state index is 13.4. The van der Waals surface area contributed by atoms with Gasteiger partial charge in [-0.2, -0.15) is 0 Å². The number of aromatic nitrogens is 1. The zero-order valence-corrected chi connectivity index (χ0v) is 19.2. The molecule has 0 spiro atoms. The molecule has 0 unspecified atom stereocenters. The lowest BCUT2D eigenvalue weighted by atomic mass is 10.0. The van der Waals surface area contributed by atoms with E-state index in [2.05, 4.69) is 10.3 Å². The van der Waals surface area contributed by atoms with E-state index >= 15 is 0 Å². The molecule has 0 aliphatic carbocycles. The van der Waals surface area contributed by atoms with Gasteiger partial charge in [0.1, 0.15) is 18.2 Å². The zero-order valence-electron chi connectivity index (χ0n) is 19.2. The van der Waals surface area contributed by atoms with Gasteiger partial charge in [0.2, 0.25) is 5.91 Å². The average Bonchev–Trinajstić information content (AvgIpc) is 3.06. The van der Waals surface area contributed by atoms with Crippen LogP contribution in [0.4, 0.5) is 4.79 Å². The third-order valence-corrected chi connectivity index (χ3v) is 4.58. The van der Waals surface area contributed by atoms with Crippen LogP contribution >= 0.6 is 0 Å². The molecule has 0 saturated carbocycles. The van der Waals surface area contributed by atoms with Crippen LogP contribution in [0.25, 0.3) is 10.9 Å². The van der Waals surface area contributed by atoms with E-state index in [0.29, 0.717) is 0 Å². The molecule has 1 aromatic carbocycles. The third kappa shape index (κ3) is 7.01. The predicted octanol–water partition coefficient (Wildman–Crippen LogP) is 3.61. The van der Waals surface area contributed by atoms with E-state index in [1.165, 1.54) is 4.90 Å². The van der Waals surface area contributed by atoms with Crippen LogP contribution in [0.5, 0.6) is 0 Å². The lowest BCUT2D eigenvalue weighted by molar-refractivity contribution is -0.150. The number of hydrogen-bond acceptors (Lipinski definition) is 5. The summed E-state index contributed by atoms with van der Waals surface area (Å²) in [6, 6.07) is 6.88. The van der Waals surface area contributed by atoms with Crippen molar-refractivity contribution < 1.29 is 23.9 Å². The fourth-order valence-corrected chi connectivity index (χ4v) is 3.19. The summed E-state index contributed by atoms with van der Waals surface area (Å²) in [4.78, 5) is 42.5. The highest BCUT2D eigenvalue weighted by atomic mass is 16.6. The van der Waals surface area contributed by atoms with Crippen LogP contribution in [-0.4, -0.2) is 52.6 Å². The first-order chi connectivity index (χ1) is 14.5. The number of amides is 2. The Hall–Kier alpha value is -3.03. The minimum atomic E-state index is -0.852. The first-order valence-corrected chi connectivity index (χ1v) is 10.5. The number of para-hydroxylation sites is 1. The maximum Gasteiger partial charge on any atom is 0.408 e. The molecule has 0 aliphatic heterocycles. The Balaban J connectivity index is 2.28. The Kier molecular flexibility index (Phi) is 8.08. The van der Waals surface area contributed by atoms with E-state index in [4.69, 9.17) is 9.47 Å². The number of H-pyrrole nitrogens is 1. The molecule has 1 aromatic heterocycles. The molecule has 1 atom stereocenters. The molecule has 0 aliphatic rings. The van der Waals surface area contributed by atoms with Gasteiger partial charge in [0, 0.05) is 23.6 Å². The van der Waals surface area contributed by atoms with Crippen molar-refractivity contribution in [3.8, 4) is 0 Å². The van der Waals surface area contributed by atoms with Crippen LogP contribution in [0.15, 0.2) is 30.5 Å². The predicted molar refractivity (Wildman–Crippen MR) is 118 cm³/mol. The van der Waals surface area contributed by atoms with Gasteiger partial charge in [-0.3, -0.25) is 9.59 Å². The van der Waals surface area contributed by atoms with E-state index in [9.17, 15) is 14.4 Å². The standard InChI is InChI=1S/C23H33N3O5/c1-7-30-19(27)14-26(13-16-12-24-18-11-9-8-10-17(16)18)21(28)20(15(2)3)25-22(29)31-23(4,5)6/h8-12,15,20,24H,7,13-14H2,1-6H3,(H,25,29)/t20-/m0/s1. The second-order valence-electron chi connectivity index (χ2n) is 8.73. The third-order valence-electron chi connectivity index (χ3n) is 4.58. The van der Waals surface area contributed by atoms with Crippen LogP contribution < -0.4 is 5.32 Å². The van der Waals surface area contributed by atoms with E-state index in [1.807, 2.05) is 44.3 Å². The molecule has 2 aromatic rings. The van der Waals surface area contributed by atoms with Gasteiger partial charge in [-0.05, 0) is 45.2 Å². The Labute approximate surface area is 183 Å². The van der Waals surface area contributed by atoms with Gasteiger partial charge >= 0.3 is 12.1 Å². The number of carbonyl (C=O) groups is 3. The van der Waals surface area contributed by atoms with Gasteiger partial charge in [-0.1, -0.05) is 32.0 Å². The summed E-state index contributed by atoms with van der Waals surface area (Å²) >= 11 is 0. The number of alkyl carbamates (subject to hydrolysis) is 1. The first kappa shape index (κ1) is 24.2. The first-order valence-electron chi connectivity index (χ1n) is 10.5. The van der Waals surface area contributed by atoms with Crippen LogP contribution in [0.3, 0.4) is 0 Å². The van der Waals surface area contributed by atoms with Gasteiger partial charge in [0.05, 0.1) is 6.61 Å². The number of nitrogens with one attached hydrogen (secondary N) is 2. The van der Waals surface area contributed by atoms with Crippen molar-refractivity contribution >= 4 is 28.9 Å². The minimum Gasteiger partial charge on any atom is -0.465 e. The number of benzene rings is 1. The number of carbonyl (C=O) groups excluding carboxylic acids is 3. The van der Waals surface area contributed by atoms with Crippen molar-refractivity contribution in [2.75, 3.05) is 13.2 Å². The normalized spacial score (nSPS) is 12.5. The molecule has 0 bridgehead atoms. The van der Waals surface area contributed by atoms with Crippen molar-refractivity contribution in [1.29, 1.82) is 0 Å². The molecule has 1 heterocycles. The van der Waals surface area contributed by atoms with Gasteiger partial charge < -0.3 is 24.7 Å². The lowest BCUT2D eigenvalue weighted by Crippen LogP contribution is -2.53. The van der Waals surface area contributed by atoms with Crippen molar-refractivity contribution in [2.24, 2.45) is 5.92 Å². The van der Waals surface area contributed by atoms with Gasteiger partial charge in [0.25, 0.3) is 0 Å². The summed E-state index contributed by atoms with van der Waals surface area (Å²) in [6.07, 6.45) is 1.14. The average molecular weight is 432 g/mol. The molecule has 8 nitrogen and oxygen atoms in total. The van der Waals surface area contributed by atoms with E-state index in [1.54, 1.807) is 27.7 Å². The Bertz CT molecular complexity index is 913. The number of rotatable bonds is 8. The summed E-state index contributed by atoms with van der Waals surface area (Å²) in [7, 11) is 0. The van der Waals surface area contributed by atoms with Crippen molar-refractivity contribution in [3.63, 3.8) is 0 Å². The molecular weight excluding hydrogens is 398 g/mol. The molecule has 2 amide bonds. The number of esters is 1. The van der Waals surface area contributed by atoms with Crippen molar-refractivity contribution in [2.45, 2.75) is 59.7 Å². The molecule has 2 N–H and O–H groups in total. The molecule has 0 radical (unpaired) electrons. The molecule has 170 valence electrons. The fraction of sp³-hybridized carbons (Fsp3) is 0.522. The van der Waals surface area contributed by atoms with Crippen molar-refractivity contribution in [1.82, 2.24) is 15.2 Å². The van der Waals surface area contributed by atoms with E-state index in [-0.39, 0.29) is 31.5 Å². The molecule has 0 saturated heterocycles. The second-order valence-corrected chi connectivity index (χ2v) is 8.73. The van der Waals surface area contributed by atoms with Gasteiger partial charge in [-0.15, -0.1) is 0 Å². The minimum absolute atomic E-state index is 0.195. The molecule has 0 fully saturated rings. The van der Waals surface area contributed by atoms with Crippen molar-refractivity contribution in [3.05, 3.63) is 36.0 Å². The van der Waals surface area contributed by atoms with Gasteiger partial charge in [-0.25, -0.2) is 4.79 Å². The number of fused-ring (bicyclic) bond motifs is 1. The van der Waals surface area contributed by atoms with Crippen LogP contribution in [0.1, 0.15) is 47.1 Å². The molecular formula is C23H33N3O5. The summed E-state index contributed by atoms with van der Waals surface area (Å²) < 4.78 is 10.4. The monoisotopic (exact) mass is 431 g/mol. The summed E-state index contributed by atoms with van der Waals surface area (Å²) in [5, 5.41) is 3.63. The highest BCUT2D eigenvalue weighted by Gasteiger charge is 2.32. The highest BCUT2D eigenvalue weighted by molar-refractivity contribution is 5.89. The summed E-state index contributed by atoms with van der Waals surface area (Å²) in [6.45, 7) is 10.8. The number of ether oxygens (including phenoxy) is 2. The SMILES string of the molecule is CCOC(=O)CN(Cc1c[nH]c2ccccc12)C(=O)[C@@H](NC(=O)OC(C)(C)C)C(C)C. The Morgan fingerprint density at radius 1 is 1.16 bits per heavy atom. The molecule has 2 rings (SSSR count). The molecule has 8 heteroatoms. The van der Waals surface area contributed by atoms with E-state index in [0.717, 1.165) is 16.5 Å². The van der Waals surface area contributed by atoms with Gasteiger partial charge in [0.15, 0.2) is 0 Å². The van der Waals surface area contributed by atoms with Crippen LogP contribution in [0.2, 0.25) is 0 Å². The van der Waals surface area contributed by atoms with Crippen LogP contribution in [-0.2, 0) is 25.6 Å². The summed E-state index contributed by atoms with van der Waals surface area (Å²) in [5.41, 5.74) is 1.12. The van der Waals surface area contributed by atoms with E-state index < -0.39 is 23.7 Å². The number of nitrogens with zero attached hydrogens (tertiary/aromatic N) is 1. The second kappa shape index (κ2) is 10.3. The highest BCUT2D eigenvalue weighted by Crippen LogP contribution is 2.20. The van der Waals surface area contributed by atoms with Crippen LogP contribution in [0, 0.1) is 5.92 Å². The zero-order chi connectivity index (χ0) is 23.2. The smallest absolute Gasteiger partial charge is 0.408 e. The topological polar surface area (TPSA) is 101 Å². The summed E-state index contributed by atoms with van der Waals surface area (Å²) in [5.74, 6) is -1.10. The number of aromatic amines is 1. The lowest BCUT2D eigenvalue weighted by Gasteiger charge is -2.30.